The summed E-state index contributed by atoms with van der Waals surface area (Å²) in [5, 5.41) is 8.89. The van der Waals surface area contributed by atoms with Crippen molar-refractivity contribution < 1.29 is 18.7 Å². The number of halogens is 2. The molecule has 0 bridgehead atoms. The van der Waals surface area contributed by atoms with Gasteiger partial charge in [0.25, 0.3) is 0 Å². The van der Waals surface area contributed by atoms with Gasteiger partial charge in [0, 0.05) is 0 Å². The van der Waals surface area contributed by atoms with Crippen LogP contribution in [0.2, 0.25) is 0 Å². The second-order valence-corrected chi connectivity index (χ2v) is 4.37. The zero-order valence-electron chi connectivity index (χ0n) is 10.00. The molecule has 1 rings (SSSR count). The Labute approximate surface area is 98.7 Å². The Kier molecular flexibility index (Phi) is 3.83. The van der Waals surface area contributed by atoms with Crippen LogP contribution in [0.1, 0.15) is 18.9 Å². The van der Waals surface area contributed by atoms with Gasteiger partial charge >= 0.3 is 5.97 Å². The largest absolute Gasteiger partial charge is 0.481 e. The van der Waals surface area contributed by atoms with Crippen LogP contribution < -0.4 is 0 Å². The van der Waals surface area contributed by atoms with Crippen molar-refractivity contribution in [3.8, 4) is 0 Å². The highest BCUT2D eigenvalue weighted by molar-refractivity contribution is 5.68. The molecule has 1 unspecified atom stereocenters. The van der Waals surface area contributed by atoms with Crippen molar-refractivity contribution in [3.05, 3.63) is 35.4 Å². The van der Waals surface area contributed by atoms with Crippen LogP contribution in [0.5, 0.6) is 0 Å². The first-order valence-corrected chi connectivity index (χ1v) is 5.12. The normalized spacial score (nSPS) is 14.7. The summed E-state index contributed by atoms with van der Waals surface area (Å²) in [6.07, 6.45) is -0.189. The summed E-state index contributed by atoms with van der Waals surface area (Å²) in [6.45, 7) is 1.67. The fourth-order valence-corrected chi connectivity index (χ4v) is 1.64. The first-order chi connectivity index (χ1) is 7.77. The molecule has 0 fully saturated rings. The van der Waals surface area contributed by atoms with E-state index in [1.807, 2.05) is 0 Å². The molecule has 0 aliphatic rings. The third-order valence-electron chi connectivity index (χ3n) is 3.02. The van der Waals surface area contributed by atoms with Crippen molar-refractivity contribution in [2.75, 3.05) is 14.1 Å². The van der Waals surface area contributed by atoms with Gasteiger partial charge in [0.2, 0.25) is 0 Å². The second kappa shape index (κ2) is 4.79. The topological polar surface area (TPSA) is 40.5 Å². The van der Waals surface area contributed by atoms with Gasteiger partial charge < -0.3 is 5.11 Å². The molecule has 1 aromatic carbocycles. The number of benzene rings is 1. The molecule has 17 heavy (non-hydrogen) atoms. The Hall–Kier alpha value is -1.49. The van der Waals surface area contributed by atoms with Gasteiger partial charge in [-0.15, -0.1) is 0 Å². The third-order valence-corrected chi connectivity index (χ3v) is 3.02. The average molecular weight is 243 g/mol. The van der Waals surface area contributed by atoms with Crippen molar-refractivity contribution in [1.29, 1.82) is 0 Å². The van der Waals surface area contributed by atoms with Gasteiger partial charge in [0.1, 0.15) is 0 Å². The number of carboxylic acids is 1. The maximum absolute atomic E-state index is 13.2. The van der Waals surface area contributed by atoms with Crippen molar-refractivity contribution in [1.82, 2.24) is 4.90 Å². The third kappa shape index (κ3) is 2.79. The van der Waals surface area contributed by atoms with E-state index < -0.39 is 23.1 Å². The lowest BCUT2D eigenvalue weighted by Crippen LogP contribution is -2.40. The van der Waals surface area contributed by atoms with E-state index in [-0.39, 0.29) is 6.42 Å². The lowest BCUT2D eigenvalue weighted by molar-refractivity contribution is -0.140. The van der Waals surface area contributed by atoms with Gasteiger partial charge in [-0.05, 0) is 38.7 Å². The summed E-state index contributed by atoms with van der Waals surface area (Å²) in [4.78, 5) is 12.5. The highest BCUT2D eigenvalue weighted by Crippen LogP contribution is 2.30. The molecule has 0 heterocycles. The number of carbonyl (C=O) groups is 1. The molecule has 1 aromatic rings. The van der Waals surface area contributed by atoms with Crippen LogP contribution in [0.25, 0.3) is 0 Å². The van der Waals surface area contributed by atoms with Gasteiger partial charge in [-0.25, -0.2) is 8.78 Å². The first kappa shape index (κ1) is 13.6. The van der Waals surface area contributed by atoms with Crippen LogP contribution in [-0.4, -0.2) is 30.1 Å². The standard InChI is InChI=1S/C12H15F2NO2/c1-12(15(2)3,7-11(16)17)8-4-5-9(13)10(14)6-8/h4-6H,7H2,1-3H3,(H,16,17). The zero-order chi connectivity index (χ0) is 13.2. The molecular formula is C12H15F2NO2. The second-order valence-electron chi connectivity index (χ2n) is 4.37. The molecule has 1 atom stereocenters. The summed E-state index contributed by atoms with van der Waals surface area (Å²) in [5.41, 5.74) is -0.441. The molecule has 0 radical (unpaired) electrons. The lowest BCUT2D eigenvalue weighted by atomic mass is 9.87. The molecule has 0 spiro atoms. The number of nitrogens with zero attached hydrogens (tertiary/aromatic N) is 1. The van der Waals surface area contributed by atoms with Crippen LogP contribution in [0.15, 0.2) is 18.2 Å². The minimum atomic E-state index is -0.995. The SMILES string of the molecule is CN(C)C(C)(CC(=O)O)c1ccc(F)c(F)c1. The quantitative estimate of drug-likeness (QED) is 0.881. The Bertz CT molecular complexity index is 435. The predicted molar refractivity (Wildman–Crippen MR) is 59.6 cm³/mol. The van der Waals surface area contributed by atoms with E-state index >= 15 is 0 Å². The summed E-state index contributed by atoms with van der Waals surface area (Å²) < 4.78 is 26.0. The van der Waals surface area contributed by atoms with Gasteiger partial charge in [-0.3, -0.25) is 9.69 Å². The molecule has 0 saturated carbocycles. The van der Waals surface area contributed by atoms with Crippen LogP contribution >= 0.6 is 0 Å². The Morgan fingerprint density at radius 3 is 2.35 bits per heavy atom. The van der Waals surface area contributed by atoms with E-state index in [0.717, 1.165) is 12.1 Å². The van der Waals surface area contributed by atoms with Gasteiger partial charge in [-0.2, -0.15) is 0 Å². The molecule has 0 amide bonds. The number of hydrogen-bond acceptors (Lipinski definition) is 2. The van der Waals surface area contributed by atoms with Crippen LogP contribution in [0, 0.1) is 11.6 Å². The molecule has 3 nitrogen and oxygen atoms in total. The predicted octanol–water partition coefficient (Wildman–Crippen LogP) is 2.22. The first-order valence-electron chi connectivity index (χ1n) is 5.12. The fraction of sp³-hybridized carbons (Fsp3) is 0.417. The summed E-state index contributed by atoms with van der Waals surface area (Å²) in [6, 6.07) is 3.45. The molecular weight excluding hydrogens is 228 g/mol. The molecule has 0 aliphatic carbocycles. The Morgan fingerprint density at radius 1 is 1.35 bits per heavy atom. The monoisotopic (exact) mass is 243 g/mol. The molecule has 94 valence electrons. The van der Waals surface area contributed by atoms with E-state index in [0.29, 0.717) is 5.56 Å². The lowest BCUT2D eigenvalue weighted by Gasteiger charge is -2.35. The van der Waals surface area contributed by atoms with E-state index in [2.05, 4.69) is 0 Å². The molecule has 0 aromatic heterocycles. The minimum Gasteiger partial charge on any atom is -0.481 e. The summed E-state index contributed by atoms with van der Waals surface area (Å²) in [7, 11) is 3.40. The number of carboxylic acid groups (broad SMARTS) is 1. The van der Waals surface area contributed by atoms with E-state index in [4.69, 9.17) is 5.11 Å². The van der Waals surface area contributed by atoms with Crippen LogP contribution in [0.3, 0.4) is 0 Å². The minimum absolute atomic E-state index is 0.189. The maximum Gasteiger partial charge on any atom is 0.305 e. The summed E-state index contributed by atoms with van der Waals surface area (Å²) >= 11 is 0. The van der Waals surface area contributed by atoms with Crippen LogP contribution in [0.4, 0.5) is 8.78 Å². The van der Waals surface area contributed by atoms with Gasteiger partial charge in [0.05, 0.1) is 12.0 Å². The van der Waals surface area contributed by atoms with E-state index in [1.54, 1.807) is 25.9 Å². The highest BCUT2D eigenvalue weighted by Gasteiger charge is 2.32. The van der Waals surface area contributed by atoms with Crippen molar-refractivity contribution in [3.63, 3.8) is 0 Å². The average Bonchev–Trinajstić information content (AvgIpc) is 2.20. The van der Waals surface area contributed by atoms with Crippen molar-refractivity contribution in [2.24, 2.45) is 0 Å². The number of rotatable bonds is 4. The molecule has 0 aliphatic heterocycles. The Balaban J connectivity index is 3.22. The van der Waals surface area contributed by atoms with Crippen LogP contribution in [-0.2, 0) is 10.3 Å². The Morgan fingerprint density at radius 2 is 1.94 bits per heavy atom. The highest BCUT2D eigenvalue weighted by atomic mass is 19.2. The van der Waals surface area contributed by atoms with Gasteiger partial charge in [0.15, 0.2) is 11.6 Å². The smallest absolute Gasteiger partial charge is 0.305 e. The van der Waals surface area contributed by atoms with Gasteiger partial charge in [-0.1, -0.05) is 6.07 Å². The molecule has 0 saturated heterocycles. The summed E-state index contributed by atoms with van der Waals surface area (Å²) in [5.74, 6) is -2.91. The fourth-order valence-electron chi connectivity index (χ4n) is 1.64. The maximum atomic E-state index is 13.2. The number of hydrogen-bond donors (Lipinski definition) is 1. The zero-order valence-corrected chi connectivity index (χ0v) is 10.00. The molecule has 1 N–H and O–H groups in total. The molecule has 5 heteroatoms. The van der Waals surface area contributed by atoms with E-state index in [9.17, 15) is 13.6 Å². The van der Waals surface area contributed by atoms with Crippen molar-refractivity contribution >= 4 is 5.97 Å². The number of aliphatic carboxylic acids is 1. The van der Waals surface area contributed by atoms with Crippen molar-refractivity contribution in [2.45, 2.75) is 18.9 Å². The van der Waals surface area contributed by atoms with E-state index in [1.165, 1.54) is 6.07 Å².